The Balaban J connectivity index is 1.50. The zero-order valence-electron chi connectivity index (χ0n) is 14.0. The minimum Gasteiger partial charge on any atom is -0.360 e. The van der Waals surface area contributed by atoms with E-state index >= 15 is 0 Å². The lowest BCUT2D eigenvalue weighted by Crippen LogP contribution is -2.36. The smallest absolute Gasteiger partial charge is 0.253 e. The lowest BCUT2D eigenvalue weighted by molar-refractivity contribution is -0.131. The molecule has 5 heteroatoms. The van der Waals surface area contributed by atoms with Crippen LogP contribution in [0.3, 0.4) is 0 Å². The molecular weight excluding hydrogens is 302 g/mol. The summed E-state index contributed by atoms with van der Waals surface area (Å²) in [4.78, 5) is 29.7. The fourth-order valence-corrected chi connectivity index (χ4v) is 3.29. The minimum atomic E-state index is -0.132. The monoisotopic (exact) mass is 327 g/mol. The van der Waals surface area contributed by atoms with E-state index in [0.29, 0.717) is 18.5 Å². The molecule has 1 aliphatic rings. The zero-order valence-corrected chi connectivity index (χ0v) is 14.0. The van der Waals surface area contributed by atoms with Crippen molar-refractivity contribution in [3.63, 3.8) is 0 Å². The number of para-hydroxylation sites is 1. The number of fused-ring (bicyclic) bond motifs is 1. The first-order valence-corrected chi connectivity index (χ1v) is 8.88. The Kier molecular flexibility index (Phi) is 5.51. The average molecular weight is 327 g/mol. The molecule has 0 saturated carbocycles. The van der Waals surface area contributed by atoms with Crippen LogP contribution in [-0.4, -0.2) is 41.3 Å². The summed E-state index contributed by atoms with van der Waals surface area (Å²) in [5, 5.41) is 3.78. The summed E-state index contributed by atoms with van der Waals surface area (Å²) in [6.07, 6.45) is 7.97. The normalized spacial score (nSPS) is 15.8. The topological polar surface area (TPSA) is 65.2 Å². The lowest BCUT2D eigenvalue weighted by atomic mass is 10.1. The van der Waals surface area contributed by atoms with Crippen LogP contribution in [0.4, 0.5) is 0 Å². The second-order valence-corrected chi connectivity index (χ2v) is 6.40. The van der Waals surface area contributed by atoms with Crippen LogP contribution in [0.1, 0.15) is 48.9 Å². The molecule has 5 nitrogen and oxygen atoms in total. The van der Waals surface area contributed by atoms with Gasteiger partial charge in [0.15, 0.2) is 0 Å². The minimum absolute atomic E-state index is 0.132. The molecule has 1 aliphatic heterocycles. The second-order valence-electron chi connectivity index (χ2n) is 6.40. The number of likely N-dealkylation sites (tertiary alicyclic amines) is 1. The van der Waals surface area contributed by atoms with E-state index in [1.807, 2.05) is 29.2 Å². The Labute approximate surface area is 142 Å². The van der Waals surface area contributed by atoms with Crippen LogP contribution in [0.2, 0.25) is 0 Å². The van der Waals surface area contributed by atoms with E-state index in [2.05, 4.69) is 10.3 Å². The van der Waals surface area contributed by atoms with Gasteiger partial charge >= 0.3 is 0 Å². The number of amides is 2. The van der Waals surface area contributed by atoms with Crippen molar-refractivity contribution < 1.29 is 9.59 Å². The van der Waals surface area contributed by atoms with E-state index < -0.39 is 0 Å². The molecule has 2 amide bonds. The van der Waals surface area contributed by atoms with Gasteiger partial charge in [0.25, 0.3) is 5.91 Å². The van der Waals surface area contributed by atoms with Crippen molar-refractivity contribution in [2.45, 2.75) is 38.5 Å². The number of rotatable bonds is 4. The van der Waals surface area contributed by atoms with Crippen LogP contribution in [0.15, 0.2) is 30.5 Å². The van der Waals surface area contributed by atoms with Crippen molar-refractivity contribution in [2.75, 3.05) is 19.6 Å². The molecule has 1 fully saturated rings. The predicted molar refractivity (Wildman–Crippen MR) is 94.9 cm³/mol. The van der Waals surface area contributed by atoms with Gasteiger partial charge in [-0.1, -0.05) is 37.5 Å². The zero-order chi connectivity index (χ0) is 16.8. The molecule has 2 heterocycles. The van der Waals surface area contributed by atoms with Gasteiger partial charge in [0, 0.05) is 43.2 Å². The average Bonchev–Trinajstić information content (AvgIpc) is 2.98. The predicted octanol–water partition coefficient (Wildman–Crippen LogP) is 3.08. The number of H-pyrrole nitrogens is 1. The summed E-state index contributed by atoms with van der Waals surface area (Å²) >= 11 is 0. The molecule has 0 radical (unpaired) electrons. The van der Waals surface area contributed by atoms with Gasteiger partial charge in [-0.3, -0.25) is 9.59 Å². The van der Waals surface area contributed by atoms with Crippen molar-refractivity contribution in [3.8, 4) is 0 Å². The van der Waals surface area contributed by atoms with Gasteiger partial charge in [-0.25, -0.2) is 0 Å². The van der Waals surface area contributed by atoms with Crippen LogP contribution in [-0.2, 0) is 4.79 Å². The maximum Gasteiger partial charge on any atom is 0.253 e. The van der Waals surface area contributed by atoms with Gasteiger partial charge in [-0.05, 0) is 18.9 Å². The fourth-order valence-electron chi connectivity index (χ4n) is 3.29. The summed E-state index contributed by atoms with van der Waals surface area (Å²) in [6.45, 7) is 2.10. The van der Waals surface area contributed by atoms with Crippen molar-refractivity contribution >= 4 is 22.7 Å². The van der Waals surface area contributed by atoms with Gasteiger partial charge in [0.1, 0.15) is 0 Å². The highest BCUT2D eigenvalue weighted by atomic mass is 16.2. The number of aromatic nitrogens is 1. The number of carbonyl (C=O) groups is 2. The van der Waals surface area contributed by atoms with Crippen molar-refractivity contribution in [2.24, 2.45) is 0 Å². The highest BCUT2D eigenvalue weighted by Crippen LogP contribution is 2.17. The van der Waals surface area contributed by atoms with E-state index in [9.17, 15) is 9.59 Å². The molecule has 0 aliphatic carbocycles. The number of nitrogens with zero attached hydrogens (tertiary/aromatic N) is 1. The first-order chi connectivity index (χ1) is 11.8. The standard InChI is InChI=1S/C19H25N3O2/c23-18(22-12-6-2-1-3-7-13-22)10-11-20-19(24)16-14-21-17-9-5-4-8-15(16)17/h4-5,8-9,14,21H,1-3,6-7,10-13H2,(H,20,24). The van der Waals surface area contributed by atoms with E-state index in [-0.39, 0.29) is 11.8 Å². The van der Waals surface area contributed by atoms with Gasteiger partial charge in [-0.15, -0.1) is 0 Å². The SMILES string of the molecule is O=C(NCCC(=O)N1CCCCCCC1)c1c[nH]c2ccccc12. The van der Waals surface area contributed by atoms with Crippen LogP contribution in [0.5, 0.6) is 0 Å². The third kappa shape index (κ3) is 3.96. The number of benzene rings is 1. The quantitative estimate of drug-likeness (QED) is 0.906. The largest absolute Gasteiger partial charge is 0.360 e. The molecule has 24 heavy (non-hydrogen) atoms. The van der Waals surface area contributed by atoms with E-state index in [0.717, 1.165) is 36.8 Å². The molecule has 1 saturated heterocycles. The Morgan fingerprint density at radius 2 is 1.75 bits per heavy atom. The summed E-state index contributed by atoms with van der Waals surface area (Å²) in [7, 11) is 0. The van der Waals surface area contributed by atoms with Crippen molar-refractivity contribution in [1.29, 1.82) is 0 Å². The van der Waals surface area contributed by atoms with E-state index in [1.165, 1.54) is 19.3 Å². The van der Waals surface area contributed by atoms with Crippen LogP contribution >= 0.6 is 0 Å². The van der Waals surface area contributed by atoms with Gasteiger partial charge in [0.05, 0.1) is 5.56 Å². The molecule has 0 spiro atoms. The molecule has 0 unspecified atom stereocenters. The second kappa shape index (κ2) is 7.99. The number of aromatic amines is 1. The number of nitrogens with one attached hydrogen (secondary N) is 2. The molecule has 1 aromatic carbocycles. The molecule has 1 aromatic heterocycles. The van der Waals surface area contributed by atoms with Crippen molar-refractivity contribution in [1.82, 2.24) is 15.2 Å². The summed E-state index contributed by atoms with van der Waals surface area (Å²) in [5.74, 6) is 0.0176. The third-order valence-electron chi connectivity index (χ3n) is 4.67. The molecule has 3 rings (SSSR count). The number of hydrogen-bond acceptors (Lipinski definition) is 2. The highest BCUT2D eigenvalue weighted by molar-refractivity contribution is 6.06. The fraction of sp³-hybridized carbons (Fsp3) is 0.474. The Bertz CT molecular complexity index is 699. The summed E-state index contributed by atoms with van der Waals surface area (Å²) < 4.78 is 0. The Morgan fingerprint density at radius 1 is 1.04 bits per heavy atom. The molecule has 0 atom stereocenters. The molecule has 0 bridgehead atoms. The van der Waals surface area contributed by atoms with Crippen LogP contribution < -0.4 is 5.32 Å². The Hall–Kier alpha value is -2.30. The van der Waals surface area contributed by atoms with Gasteiger partial charge < -0.3 is 15.2 Å². The summed E-state index contributed by atoms with van der Waals surface area (Å²) in [6, 6.07) is 7.71. The Morgan fingerprint density at radius 3 is 2.54 bits per heavy atom. The number of carbonyl (C=O) groups excluding carboxylic acids is 2. The maximum absolute atomic E-state index is 12.3. The maximum atomic E-state index is 12.3. The molecule has 2 N–H and O–H groups in total. The first-order valence-electron chi connectivity index (χ1n) is 8.88. The van der Waals surface area contributed by atoms with E-state index in [1.54, 1.807) is 6.20 Å². The van der Waals surface area contributed by atoms with E-state index in [4.69, 9.17) is 0 Å². The third-order valence-corrected chi connectivity index (χ3v) is 4.67. The van der Waals surface area contributed by atoms with Crippen LogP contribution in [0.25, 0.3) is 10.9 Å². The first kappa shape index (κ1) is 16.6. The number of hydrogen-bond donors (Lipinski definition) is 2. The lowest BCUT2D eigenvalue weighted by Gasteiger charge is -2.24. The summed E-state index contributed by atoms with van der Waals surface area (Å²) in [5.41, 5.74) is 1.57. The van der Waals surface area contributed by atoms with Gasteiger partial charge in [0.2, 0.25) is 5.91 Å². The van der Waals surface area contributed by atoms with Crippen molar-refractivity contribution in [3.05, 3.63) is 36.0 Å². The highest BCUT2D eigenvalue weighted by Gasteiger charge is 2.16. The molecule has 128 valence electrons. The van der Waals surface area contributed by atoms with Crippen LogP contribution in [0, 0.1) is 0 Å². The molecular formula is C19H25N3O2. The molecule has 2 aromatic rings. The van der Waals surface area contributed by atoms with Gasteiger partial charge in [-0.2, -0.15) is 0 Å².